The zero-order valence-corrected chi connectivity index (χ0v) is 8.26. The Balaban J connectivity index is 2.70. The van der Waals surface area contributed by atoms with Crippen LogP contribution in [0, 0.1) is 0 Å². The first-order chi connectivity index (χ1) is 5.77. The molecule has 0 spiro atoms. The van der Waals surface area contributed by atoms with Crippen molar-refractivity contribution in [3.05, 3.63) is 23.7 Å². The number of carbonyl (C=O) groups is 1. The van der Waals surface area contributed by atoms with E-state index in [0.29, 0.717) is 0 Å². The lowest BCUT2D eigenvalue weighted by Gasteiger charge is -1.92. The number of alkyl halides is 1. The van der Waals surface area contributed by atoms with Gasteiger partial charge in [-0.2, -0.15) is 0 Å². The highest BCUT2D eigenvalue weighted by Crippen LogP contribution is 2.10. The van der Waals surface area contributed by atoms with Gasteiger partial charge in [0, 0.05) is 11.8 Å². The van der Waals surface area contributed by atoms with Crippen LogP contribution in [0.1, 0.15) is 16.3 Å². The molecule has 1 aromatic rings. The van der Waals surface area contributed by atoms with Crippen molar-refractivity contribution in [2.24, 2.45) is 0 Å². The topological polar surface area (TPSA) is 39.4 Å². The molecule has 0 unspecified atom stereocenters. The summed E-state index contributed by atoms with van der Waals surface area (Å²) < 4.78 is 9.66. The van der Waals surface area contributed by atoms with Crippen molar-refractivity contribution in [2.75, 3.05) is 12.4 Å². The average molecular weight is 233 g/mol. The monoisotopic (exact) mass is 232 g/mol. The van der Waals surface area contributed by atoms with E-state index < -0.39 is 5.97 Å². The third-order valence-corrected chi connectivity index (χ3v) is 1.79. The highest BCUT2D eigenvalue weighted by atomic mass is 79.9. The summed E-state index contributed by atoms with van der Waals surface area (Å²) in [6.45, 7) is 0. The van der Waals surface area contributed by atoms with Crippen molar-refractivity contribution >= 4 is 21.9 Å². The van der Waals surface area contributed by atoms with Crippen molar-refractivity contribution in [1.29, 1.82) is 0 Å². The number of methoxy groups -OCH3 is 1. The second kappa shape index (κ2) is 4.30. The normalized spacial score (nSPS) is 9.83. The SMILES string of the molecule is COC(=O)c1ccc(CCBr)o1. The molecule has 0 radical (unpaired) electrons. The summed E-state index contributed by atoms with van der Waals surface area (Å²) in [4.78, 5) is 10.9. The number of esters is 1. The predicted molar refractivity (Wildman–Crippen MR) is 47.5 cm³/mol. The molecule has 0 atom stereocenters. The van der Waals surface area contributed by atoms with E-state index in [2.05, 4.69) is 20.7 Å². The zero-order valence-electron chi connectivity index (χ0n) is 6.67. The molecule has 1 heterocycles. The number of ether oxygens (including phenoxy) is 1. The van der Waals surface area contributed by atoms with Crippen LogP contribution in [0.25, 0.3) is 0 Å². The summed E-state index contributed by atoms with van der Waals surface area (Å²) in [6.07, 6.45) is 0.775. The molecule has 12 heavy (non-hydrogen) atoms. The van der Waals surface area contributed by atoms with Gasteiger partial charge in [0.25, 0.3) is 0 Å². The predicted octanol–water partition coefficient (Wildman–Crippen LogP) is 2.00. The molecule has 0 aliphatic carbocycles. The first kappa shape index (κ1) is 9.32. The number of halogens is 1. The van der Waals surface area contributed by atoms with E-state index in [0.717, 1.165) is 17.5 Å². The van der Waals surface area contributed by atoms with Gasteiger partial charge in [0.1, 0.15) is 5.76 Å². The second-order valence-corrected chi connectivity index (χ2v) is 2.99. The molecule has 1 aromatic heterocycles. The molecule has 0 aliphatic rings. The molecule has 0 aromatic carbocycles. The number of aryl methyl sites for hydroxylation is 1. The van der Waals surface area contributed by atoms with Gasteiger partial charge in [-0.15, -0.1) is 0 Å². The Morgan fingerprint density at radius 3 is 3.00 bits per heavy atom. The highest BCUT2D eigenvalue weighted by Gasteiger charge is 2.09. The number of carbonyl (C=O) groups excluding carboxylic acids is 1. The third kappa shape index (κ3) is 2.11. The van der Waals surface area contributed by atoms with E-state index in [-0.39, 0.29) is 5.76 Å². The van der Waals surface area contributed by atoms with Gasteiger partial charge in [-0.25, -0.2) is 4.79 Å². The molecule has 0 N–H and O–H groups in total. The summed E-state index contributed by atoms with van der Waals surface area (Å²) in [5.41, 5.74) is 0. The van der Waals surface area contributed by atoms with E-state index in [9.17, 15) is 4.79 Å². The molecule has 1 rings (SSSR count). The van der Waals surface area contributed by atoms with E-state index in [1.807, 2.05) is 0 Å². The Bertz CT molecular complexity index is 267. The van der Waals surface area contributed by atoms with Crippen molar-refractivity contribution in [3.8, 4) is 0 Å². The second-order valence-electron chi connectivity index (χ2n) is 2.20. The summed E-state index contributed by atoms with van der Waals surface area (Å²) in [7, 11) is 1.33. The standard InChI is InChI=1S/C8H9BrO3/c1-11-8(10)7-3-2-6(12-7)4-5-9/h2-3H,4-5H2,1H3. The fraction of sp³-hybridized carbons (Fsp3) is 0.375. The minimum absolute atomic E-state index is 0.258. The van der Waals surface area contributed by atoms with Gasteiger partial charge in [-0.3, -0.25) is 0 Å². The minimum Gasteiger partial charge on any atom is -0.463 e. The fourth-order valence-corrected chi connectivity index (χ4v) is 1.21. The smallest absolute Gasteiger partial charge is 0.373 e. The van der Waals surface area contributed by atoms with Crippen molar-refractivity contribution < 1.29 is 13.9 Å². The van der Waals surface area contributed by atoms with E-state index in [1.165, 1.54) is 7.11 Å². The van der Waals surface area contributed by atoms with Crippen LogP contribution >= 0.6 is 15.9 Å². The van der Waals surface area contributed by atoms with Gasteiger partial charge >= 0.3 is 5.97 Å². The van der Waals surface area contributed by atoms with Gasteiger partial charge < -0.3 is 9.15 Å². The Kier molecular flexibility index (Phi) is 3.34. The summed E-state index contributed by atoms with van der Waals surface area (Å²) in [6, 6.07) is 3.39. The lowest BCUT2D eigenvalue weighted by Crippen LogP contribution is -1.98. The lowest BCUT2D eigenvalue weighted by molar-refractivity contribution is 0.0563. The van der Waals surface area contributed by atoms with E-state index in [1.54, 1.807) is 12.1 Å². The first-order valence-corrected chi connectivity index (χ1v) is 4.63. The van der Waals surface area contributed by atoms with Crippen molar-refractivity contribution in [3.63, 3.8) is 0 Å². The molecule has 3 nitrogen and oxygen atoms in total. The van der Waals surface area contributed by atoms with Gasteiger partial charge in [0.15, 0.2) is 0 Å². The van der Waals surface area contributed by atoms with E-state index in [4.69, 9.17) is 4.42 Å². The Hall–Kier alpha value is -0.770. The molecule has 0 saturated heterocycles. The number of furan rings is 1. The molecule has 0 aliphatic heterocycles. The van der Waals surface area contributed by atoms with Crippen LogP contribution in [0.15, 0.2) is 16.5 Å². The number of rotatable bonds is 3. The molecule has 0 amide bonds. The quantitative estimate of drug-likeness (QED) is 0.592. The highest BCUT2D eigenvalue weighted by molar-refractivity contribution is 9.09. The van der Waals surface area contributed by atoms with E-state index >= 15 is 0 Å². The van der Waals surface area contributed by atoms with Crippen LogP contribution in [0.4, 0.5) is 0 Å². The largest absolute Gasteiger partial charge is 0.463 e. The molecule has 0 fully saturated rings. The van der Waals surface area contributed by atoms with Crippen LogP contribution in [0.3, 0.4) is 0 Å². The summed E-state index contributed by atoms with van der Waals surface area (Å²) in [5, 5.41) is 0.821. The fourth-order valence-electron chi connectivity index (χ4n) is 0.816. The molecular weight excluding hydrogens is 224 g/mol. The summed E-state index contributed by atoms with van der Waals surface area (Å²) >= 11 is 3.27. The molecular formula is C8H9BrO3. The van der Waals surface area contributed by atoms with Gasteiger partial charge in [-0.1, -0.05) is 15.9 Å². The Morgan fingerprint density at radius 1 is 1.67 bits per heavy atom. The molecule has 66 valence electrons. The third-order valence-electron chi connectivity index (χ3n) is 1.39. The van der Waals surface area contributed by atoms with Crippen molar-refractivity contribution in [1.82, 2.24) is 0 Å². The average Bonchev–Trinajstić information content (AvgIpc) is 2.52. The maximum atomic E-state index is 10.9. The Morgan fingerprint density at radius 2 is 2.42 bits per heavy atom. The molecule has 0 saturated carbocycles. The number of hydrogen-bond acceptors (Lipinski definition) is 3. The molecule has 0 bridgehead atoms. The van der Waals surface area contributed by atoms with Crippen molar-refractivity contribution in [2.45, 2.75) is 6.42 Å². The lowest BCUT2D eigenvalue weighted by atomic mass is 10.3. The van der Waals surface area contributed by atoms with Gasteiger partial charge in [0.2, 0.25) is 5.76 Å². The summed E-state index contributed by atoms with van der Waals surface area (Å²) in [5.74, 6) is 0.608. The van der Waals surface area contributed by atoms with Crippen LogP contribution in [0.2, 0.25) is 0 Å². The Labute approximate surface area is 78.8 Å². The van der Waals surface area contributed by atoms with Gasteiger partial charge in [-0.05, 0) is 12.1 Å². The maximum Gasteiger partial charge on any atom is 0.373 e. The maximum absolute atomic E-state index is 10.9. The minimum atomic E-state index is -0.434. The van der Waals surface area contributed by atoms with Crippen LogP contribution < -0.4 is 0 Å². The first-order valence-electron chi connectivity index (χ1n) is 3.51. The molecule has 4 heteroatoms. The van der Waals surface area contributed by atoms with Crippen LogP contribution in [-0.4, -0.2) is 18.4 Å². The zero-order chi connectivity index (χ0) is 8.97. The van der Waals surface area contributed by atoms with Crippen LogP contribution in [-0.2, 0) is 11.2 Å². The van der Waals surface area contributed by atoms with Crippen LogP contribution in [0.5, 0.6) is 0 Å². The number of hydrogen-bond donors (Lipinski definition) is 0. The van der Waals surface area contributed by atoms with Gasteiger partial charge in [0.05, 0.1) is 7.11 Å².